The second-order valence-corrected chi connectivity index (χ2v) is 10.2. The molecule has 1 aliphatic heterocycles. The van der Waals surface area contributed by atoms with E-state index in [1.54, 1.807) is 19.1 Å². The Balaban J connectivity index is 1.75. The Bertz CT molecular complexity index is 1040. The fraction of sp³-hybridized carbons (Fsp3) is 0.263. The molecule has 0 spiro atoms. The summed E-state index contributed by atoms with van der Waals surface area (Å²) in [6.45, 7) is 3.19. The Kier molecular flexibility index (Phi) is 5.76. The van der Waals surface area contributed by atoms with Gasteiger partial charge in [-0.2, -0.15) is 0 Å². The van der Waals surface area contributed by atoms with Gasteiger partial charge in [-0.25, -0.2) is 12.8 Å². The first-order valence-electron chi connectivity index (χ1n) is 8.58. The van der Waals surface area contributed by atoms with Crippen molar-refractivity contribution >= 4 is 44.8 Å². The van der Waals surface area contributed by atoms with E-state index in [4.69, 9.17) is 0 Å². The van der Waals surface area contributed by atoms with Crippen molar-refractivity contribution in [2.75, 3.05) is 10.6 Å². The van der Waals surface area contributed by atoms with Crippen LogP contribution in [0.4, 0.5) is 15.8 Å². The van der Waals surface area contributed by atoms with Crippen LogP contribution in [-0.2, 0) is 19.4 Å². The first kappa shape index (κ1) is 20.3. The van der Waals surface area contributed by atoms with Crippen molar-refractivity contribution in [3.05, 3.63) is 48.3 Å². The minimum absolute atomic E-state index is 0.000245. The van der Waals surface area contributed by atoms with Crippen LogP contribution in [0.2, 0.25) is 0 Å². The second kappa shape index (κ2) is 7.92. The third-order valence-electron chi connectivity index (χ3n) is 4.36. The Morgan fingerprint density at radius 1 is 1.29 bits per heavy atom. The lowest BCUT2D eigenvalue weighted by atomic mass is 10.2. The molecule has 3 rings (SSSR count). The maximum Gasteiger partial charge on any atom is 0.237 e. The number of para-hydroxylation sites is 1. The number of carbonyl (C=O) groups is 2. The van der Waals surface area contributed by atoms with E-state index in [1.807, 2.05) is 0 Å². The summed E-state index contributed by atoms with van der Waals surface area (Å²) < 4.78 is 39.3. The third-order valence-corrected chi connectivity index (χ3v) is 7.68. The summed E-state index contributed by atoms with van der Waals surface area (Å²) in [6, 6.07) is 10.2. The van der Waals surface area contributed by atoms with Gasteiger partial charge in [-0.1, -0.05) is 12.1 Å². The molecule has 0 aliphatic carbocycles. The maximum atomic E-state index is 13.6. The highest BCUT2D eigenvalue weighted by Gasteiger charge is 2.29. The molecule has 0 fully saturated rings. The van der Waals surface area contributed by atoms with Crippen molar-refractivity contribution in [3.8, 4) is 0 Å². The molecule has 0 radical (unpaired) electrons. The highest BCUT2D eigenvalue weighted by atomic mass is 32.2. The lowest BCUT2D eigenvalue weighted by Gasteiger charge is -2.22. The number of rotatable bonds is 5. The van der Waals surface area contributed by atoms with Crippen molar-refractivity contribution in [1.29, 1.82) is 0 Å². The van der Waals surface area contributed by atoms with E-state index in [0.717, 1.165) is 4.90 Å². The predicted octanol–water partition coefficient (Wildman–Crippen LogP) is 3.45. The molecule has 1 heterocycles. The first-order chi connectivity index (χ1) is 13.2. The molecule has 28 heavy (non-hydrogen) atoms. The molecular formula is C19H19FN2O4S2. The third kappa shape index (κ3) is 4.20. The van der Waals surface area contributed by atoms with Crippen LogP contribution >= 0.6 is 11.8 Å². The highest BCUT2D eigenvalue weighted by Crippen LogP contribution is 2.37. The molecule has 0 bridgehead atoms. The number of halogens is 1. The normalized spacial score (nSPS) is 17.4. The molecule has 6 nitrogen and oxygen atoms in total. The number of hydrogen-bond acceptors (Lipinski definition) is 5. The second-order valence-electron chi connectivity index (χ2n) is 6.50. The SMILES string of the molecule is C[C@H]1Sc2ccc(S(=O)(=O)[C@@H](C)CC(=O)Nc3ccccc3F)cc2NC1=O. The van der Waals surface area contributed by atoms with Crippen LogP contribution in [0.3, 0.4) is 0 Å². The van der Waals surface area contributed by atoms with Crippen molar-refractivity contribution in [2.45, 2.75) is 40.6 Å². The number of nitrogens with one attached hydrogen (secondary N) is 2. The lowest BCUT2D eigenvalue weighted by Crippen LogP contribution is -2.27. The Morgan fingerprint density at radius 3 is 2.71 bits per heavy atom. The zero-order valence-corrected chi connectivity index (χ0v) is 16.9. The van der Waals surface area contributed by atoms with Gasteiger partial charge >= 0.3 is 0 Å². The summed E-state index contributed by atoms with van der Waals surface area (Å²) in [5, 5.41) is 3.80. The topological polar surface area (TPSA) is 92.3 Å². The van der Waals surface area contributed by atoms with Crippen molar-refractivity contribution in [3.63, 3.8) is 0 Å². The van der Waals surface area contributed by atoms with Gasteiger partial charge in [-0.05, 0) is 44.2 Å². The number of sulfone groups is 1. The average molecular weight is 423 g/mol. The summed E-state index contributed by atoms with van der Waals surface area (Å²) in [5.41, 5.74) is 0.442. The molecule has 1 aliphatic rings. The number of carbonyl (C=O) groups excluding carboxylic acids is 2. The van der Waals surface area contributed by atoms with Crippen molar-refractivity contribution < 1.29 is 22.4 Å². The zero-order valence-electron chi connectivity index (χ0n) is 15.2. The Labute approximate surface area is 166 Å². The molecule has 148 valence electrons. The van der Waals surface area contributed by atoms with Crippen molar-refractivity contribution in [1.82, 2.24) is 0 Å². The lowest BCUT2D eigenvalue weighted by molar-refractivity contribution is -0.116. The molecule has 9 heteroatoms. The van der Waals surface area contributed by atoms with Gasteiger partial charge in [0, 0.05) is 11.3 Å². The van der Waals surface area contributed by atoms with E-state index < -0.39 is 26.8 Å². The van der Waals surface area contributed by atoms with Crippen LogP contribution < -0.4 is 10.6 Å². The zero-order chi connectivity index (χ0) is 20.5. The average Bonchev–Trinajstić information content (AvgIpc) is 2.64. The van der Waals surface area contributed by atoms with E-state index in [0.29, 0.717) is 5.69 Å². The van der Waals surface area contributed by atoms with Gasteiger partial charge in [-0.15, -0.1) is 11.8 Å². The van der Waals surface area contributed by atoms with Crippen LogP contribution in [0.1, 0.15) is 20.3 Å². The van der Waals surface area contributed by atoms with Gasteiger partial charge in [0.1, 0.15) is 5.82 Å². The van der Waals surface area contributed by atoms with Crippen LogP contribution in [-0.4, -0.2) is 30.7 Å². The van der Waals surface area contributed by atoms with Crippen LogP contribution in [0, 0.1) is 5.82 Å². The number of fused-ring (bicyclic) bond motifs is 1. The molecule has 2 aromatic carbocycles. The molecular weight excluding hydrogens is 403 g/mol. The van der Waals surface area contributed by atoms with E-state index in [2.05, 4.69) is 10.6 Å². The number of amides is 2. The van der Waals surface area contributed by atoms with Crippen LogP contribution in [0.15, 0.2) is 52.3 Å². The van der Waals surface area contributed by atoms with E-state index in [9.17, 15) is 22.4 Å². The Morgan fingerprint density at radius 2 is 2.00 bits per heavy atom. The highest BCUT2D eigenvalue weighted by molar-refractivity contribution is 8.01. The molecule has 0 unspecified atom stereocenters. The van der Waals surface area contributed by atoms with Crippen LogP contribution in [0.5, 0.6) is 0 Å². The van der Waals surface area contributed by atoms with Crippen molar-refractivity contribution in [2.24, 2.45) is 0 Å². The maximum absolute atomic E-state index is 13.6. The molecule has 2 atom stereocenters. The van der Waals surface area contributed by atoms with Gasteiger partial charge in [0.25, 0.3) is 0 Å². The van der Waals surface area contributed by atoms with Gasteiger partial charge in [0.05, 0.1) is 26.8 Å². The van der Waals surface area contributed by atoms with Crippen LogP contribution in [0.25, 0.3) is 0 Å². The molecule has 2 amide bonds. The summed E-state index contributed by atoms with van der Waals surface area (Å²) in [7, 11) is -3.82. The minimum atomic E-state index is -3.82. The van der Waals surface area contributed by atoms with Gasteiger partial charge < -0.3 is 10.6 Å². The number of benzene rings is 2. The minimum Gasteiger partial charge on any atom is -0.324 e. The van der Waals surface area contributed by atoms with E-state index >= 15 is 0 Å². The molecule has 2 N–H and O–H groups in total. The smallest absolute Gasteiger partial charge is 0.237 e. The largest absolute Gasteiger partial charge is 0.324 e. The summed E-state index contributed by atoms with van der Waals surface area (Å²) in [5.74, 6) is -1.38. The van der Waals surface area contributed by atoms with Gasteiger partial charge in [0.2, 0.25) is 11.8 Å². The summed E-state index contributed by atoms with van der Waals surface area (Å²) in [6.07, 6.45) is -0.327. The fourth-order valence-electron chi connectivity index (χ4n) is 2.73. The fourth-order valence-corrected chi connectivity index (χ4v) is 5.04. The van der Waals surface area contributed by atoms with Gasteiger partial charge in [-0.3, -0.25) is 9.59 Å². The quantitative estimate of drug-likeness (QED) is 0.770. The monoisotopic (exact) mass is 422 g/mol. The summed E-state index contributed by atoms with van der Waals surface area (Å²) >= 11 is 1.35. The summed E-state index contributed by atoms with van der Waals surface area (Å²) in [4.78, 5) is 24.8. The van der Waals surface area contributed by atoms with E-state index in [-0.39, 0.29) is 28.2 Å². The number of thioether (sulfide) groups is 1. The molecule has 0 saturated carbocycles. The standard InChI is InChI=1S/C19H19FN2O4S2/c1-11(9-18(23)21-15-6-4-3-5-14(15)20)28(25,26)13-7-8-17-16(10-13)22-19(24)12(2)27-17/h3-8,10-12H,9H2,1-2H3,(H,21,23)(H,22,24)/t11-,12+/m0/s1. The molecule has 0 aromatic heterocycles. The number of hydrogen-bond donors (Lipinski definition) is 2. The molecule has 2 aromatic rings. The van der Waals surface area contributed by atoms with E-state index in [1.165, 1.54) is 49.0 Å². The first-order valence-corrected chi connectivity index (χ1v) is 11.0. The number of anilines is 2. The predicted molar refractivity (Wildman–Crippen MR) is 107 cm³/mol. The van der Waals surface area contributed by atoms with Gasteiger partial charge in [0.15, 0.2) is 9.84 Å². The Hall–Kier alpha value is -2.39. The molecule has 0 saturated heterocycles.